The van der Waals surface area contributed by atoms with Crippen LogP contribution in [-0.4, -0.2) is 38.1 Å². The second kappa shape index (κ2) is 9.47. The average molecular weight is 200 g/mol. The van der Waals surface area contributed by atoms with Crippen molar-refractivity contribution in [3.8, 4) is 0 Å². The molecule has 86 valence electrons. The lowest BCUT2D eigenvalue weighted by Crippen LogP contribution is -2.32. The van der Waals surface area contributed by atoms with Crippen molar-refractivity contribution in [2.45, 2.75) is 52.0 Å². The third-order valence-electron chi connectivity index (χ3n) is 2.57. The van der Waals surface area contributed by atoms with Gasteiger partial charge in [-0.15, -0.1) is 0 Å². The number of rotatable bonds is 9. The van der Waals surface area contributed by atoms with Crippen LogP contribution in [0.3, 0.4) is 0 Å². The second-order valence-corrected chi connectivity index (χ2v) is 4.34. The highest BCUT2D eigenvalue weighted by Gasteiger charge is 2.06. The third-order valence-corrected chi connectivity index (χ3v) is 2.57. The van der Waals surface area contributed by atoms with Gasteiger partial charge in [0.15, 0.2) is 0 Å². The van der Waals surface area contributed by atoms with Gasteiger partial charge in [0.1, 0.15) is 0 Å². The fourth-order valence-corrected chi connectivity index (χ4v) is 1.69. The Balaban J connectivity index is 3.54. The molecule has 2 nitrogen and oxygen atoms in total. The lowest BCUT2D eigenvalue weighted by molar-refractivity contribution is 0.346. The highest BCUT2D eigenvalue weighted by Crippen LogP contribution is 2.06. The molecule has 1 atom stereocenters. The van der Waals surface area contributed by atoms with E-state index in [9.17, 15) is 0 Å². The Morgan fingerprint density at radius 1 is 1.07 bits per heavy atom. The van der Waals surface area contributed by atoms with Gasteiger partial charge in [0, 0.05) is 6.04 Å². The molecule has 0 aliphatic carbocycles. The minimum absolute atomic E-state index is 0.731. The van der Waals surface area contributed by atoms with Crippen molar-refractivity contribution in [2.75, 3.05) is 27.2 Å². The van der Waals surface area contributed by atoms with Gasteiger partial charge in [-0.25, -0.2) is 0 Å². The smallest absolute Gasteiger partial charge is 0.00791 e. The van der Waals surface area contributed by atoms with E-state index >= 15 is 0 Å². The first-order valence-corrected chi connectivity index (χ1v) is 6.08. The Labute approximate surface area is 90.1 Å². The standard InChI is InChI=1S/C12H28N2/c1-5-7-8-9-12(13-6-2)10-11-14(3)4/h12-13H,5-11H2,1-4H3. The first-order valence-electron chi connectivity index (χ1n) is 6.08. The minimum Gasteiger partial charge on any atom is -0.314 e. The van der Waals surface area contributed by atoms with Crippen LogP contribution < -0.4 is 5.32 Å². The molecule has 0 aliphatic rings. The molecular formula is C12H28N2. The molecule has 0 saturated carbocycles. The highest BCUT2D eigenvalue weighted by molar-refractivity contribution is 4.67. The predicted molar refractivity (Wildman–Crippen MR) is 64.8 cm³/mol. The lowest BCUT2D eigenvalue weighted by Gasteiger charge is -2.19. The van der Waals surface area contributed by atoms with Crippen LogP contribution in [0.4, 0.5) is 0 Å². The van der Waals surface area contributed by atoms with E-state index in [0.717, 1.165) is 12.6 Å². The molecule has 0 saturated heterocycles. The van der Waals surface area contributed by atoms with E-state index in [1.807, 2.05) is 0 Å². The van der Waals surface area contributed by atoms with Gasteiger partial charge >= 0.3 is 0 Å². The molecule has 0 fully saturated rings. The van der Waals surface area contributed by atoms with E-state index in [-0.39, 0.29) is 0 Å². The van der Waals surface area contributed by atoms with Gasteiger partial charge in [-0.3, -0.25) is 0 Å². The first-order chi connectivity index (χ1) is 6.70. The Kier molecular flexibility index (Phi) is 9.42. The SMILES string of the molecule is CCCCCC(CCN(C)C)NCC. The lowest BCUT2D eigenvalue weighted by atomic mass is 10.1. The van der Waals surface area contributed by atoms with Crippen molar-refractivity contribution >= 4 is 0 Å². The van der Waals surface area contributed by atoms with Crippen LogP contribution in [0.5, 0.6) is 0 Å². The average Bonchev–Trinajstić information content (AvgIpc) is 2.14. The summed E-state index contributed by atoms with van der Waals surface area (Å²) in [6.07, 6.45) is 6.71. The van der Waals surface area contributed by atoms with E-state index in [0.29, 0.717) is 0 Å². The zero-order chi connectivity index (χ0) is 10.8. The van der Waals surface area contributed by atoms with Crippen molar-refractivity contribution in [2.24, 2.45) is 0 Å². The molecule has 0 aromatic rings. The Morgan fingerprint density at radius 2 is 1.79 bits per heavy atom. The van der Waals surface area contributed by atoms with E-state index < -0.39 is 0 Å². The van der Waals surface area contributed by atoms with Crippen LogP contribution in [0.2, 0.25) is 0 Å². The van der Waals surface area contributed by atoms with Gasteiger partial charge in [0.05, 0.1) is 0 Å². The summed E-state index contributed by atoms with van der Waals surface area (Å²) in [5.74, 6) is 0. The molecular weight excluding hydrogens is 172 g/mol. The van der Waals surface area contributed by atoms with Crippen LogP contribution in [0.15, 0.2) is 0 Å². The number of hydrogen-bond donors (Lipinski definition) is 1. The Hall–Kier alpha value is -0.0800. The van der Waals surface area contributed by atoms with Crippen LogP contribution in [-0.2, 0) is 0 Å². The molecule has 2 heteroatoms. The van der Waals surface area contributed by atoms with Crippen LogP contribution in [0.1, 0.15) is 46.0 Å². The van der Waals surface area contributed by atoms with Crippen LogP contribution in [0, 0.1) is 0 Å². The van der Waals surface area contributed by atoms with Crippen molar-refractivity contribution in [1.29, 1.82) is 0 Å². The molecule has 0 aliphatic heterocycles. The molecule has 0 bridgehead atoms. The van der Waals surface area contributed by atoms with Gasteiger partial charge in [0.25, 0.3) is 0 Å². The summed E-state index contributed by atoms with van der Waals surface area (Å²) < 4.78 is 0. The van der Waals surface area contributed by atoms with E-state index in [4.69, 9.17) is 0 Å². The van der Waals surface area contributed by atoms with Crippen LogP contribution in [0.25, 0.3) is 0 Å². The monoisotopic (exact) mass is 200 g/mol. The number of unbranched alkanes of at least 4 members (excludes halogenated alkanes) is 2. The van der Waals surface area contributed by atoms with Crippen molar-refractivity contribution in [1.82, 2.24) is 10.2 Å². The molecule has 0 rings (SSSR count). The fourth-order valence-electron chi connectivity index (χ4n) is 1.69. The molecule has 1 unspecified atom stereocenters. The van der Waals surface area contributed by atoms with E-state index in [1.54, 1.807) is 0 Å². The number of nitrogens with one attached hydrogen (secondary N) is 1. The quantitative estimate of drug-likeness (QED) is 0.575. The van der Waals surface area contributed by atoms with Gasteiger partial charge in [-0.1, -0.05) is 33.1 Å². The maximum atomic E-state index is 3.57. The molecule has 0 radical (unpaired) electrons. The summed E-state index contributed by atoms with van der Waals surface area (Å²) >= 11 is 0. The molecule has 0 heterocycles. The summed E-state index contributed by atoms with van der Waals surface area (Å²) in [5, 5.41) is 3.57. The summed E-state index contributed by atoms with van der Waals surface area (Å²) in [6, 6.07) is 0.731. The van der Waals surface area contributed by atoms with Crippen molar-refractivity contribution < 1.29 is 0 Å². The Morgan fingerprint density at radius 3 is 2.29 bits per heavy atom. The molecule has 1 N–H and O–H groups in total. The fraction of sp³-hybridized carbons (Fsp3) is 1.00. The number of hydrogen-bond acceptors (Lipinski definition) is 2. The van der Waals surface area contributed by atoms with E-state index in [1.165, 1.54) is 38.6 Å². The third kappa shape index (κ3) is 8.52. The predicted octanol–water partition coefficient (Wildman–Crippen LogP) is 2.50. The molecule has 0 aromatic carbocycles. The van der Waals surface area contributed by atoms with Crippen molar-refractivity contribution in [3.05, 3.63) is 0 Å². The maximum absolute atomic E-state index is 3.57. The summed E-state index contributed by atoms with van der Waals surface area (Å²) in [6.45, 7) is 6.76. The topological polar surface area (TPSA) is 15.3 Å². The van der Waals surface area contributed by atoms with E-state index in [2.05, 4.69) is 38.2 Å². The highest BCUT2D eigenvalue weighted by atomic mass is 15.1. The zero-order valence-electron chi connectivity index (χ0n) is 10.5. The van der Waals surface area contributed by atoms with Gasteiger partial charge < -0.3 is 10.2 Å². The number of nitrogens with zero attached hydrogens (tertiary/aromatic N) is 1. The Bertz CT molecular complexity index is 113. The second-order valence-electron chi connectivity index (χ2n) is 4.34. The van der Waals surface area contributed by atoms with Gasteiger partial charge in [-0.05, 0) is 40.0 Å². The molecule has 14 heavy (non-hydrogen) atoms. The van der Waals surface area contributed by atoms with Gasteiger partial charge in [0.2, 0.25) is 0 Å². The molecule has 0 aromatic heterocycles. The normalized spacial score (nSPS) is 13.5. The molecule has 0 spiro atoms. The van der Waals surface area contributed by atoms with Crippen molar-refractivity contribution in [3.63, 3.8) is 0 Å². The molecule has 0 amide bonds. The minimum atomic E-state index is 0.731. The first kappa shape index (κ1) is 13.9. The summed E-state index contributed by atoms with van der Waals surface area (Å²) in [4.78, 5) is 2.27. The van der Waals surface area contributed by atoms with Gasteiger partial charge in [-0.2, -0.15) is 0 Å². The largest absolute Gasteiger partial charge is 0.314 e. The summed E-state index contributed by atoms with van der Waals surface area (Å²) in [5.41, 5.74) is 0. The van der Waals surface area contributed by atoms with Crippen LogP contribution >= 0.6 is 0 Å². The summed E-state index contributed by atoms with van der Waals surface area (Å²) in [7, 11) is 4.30. The zero-order valence-corrected chi connectivity index (χ0v) is 10.5. The maximum Gasteiger partial charge on any atom is 0.00791 e.